The van der Waals surface area contributed by atoms with Crippen molar-refractivity contribution >= 4 is 40.0 Å². The summed E-state index contributed by atoms with van der Waals surface area (Å²) in [6.45, 7) is 5.09. The zero-order valence-electron chi connectivity index (χ0n) is 17.4. The van der Waals surface area contributed by atoms with E-state index >= 15 is 0 Å². The van der Waals surface area contributed by atoms with Crippen molar-refractivity contribution < 1.29 is 22.4 Å². The summed E-state index contributed by atoms with van der Waals surface area (Å²) >= 11 is 0. The molecule has 2 saturated heterocycles. The van der Waals surface area contributed by atoms with Gasteiger partial charge in [0, 0.05) is 65.7 Å². The van der Waals surface area contributed by atoms with Gasteiger partial charge in [0.15, 0.2) is 5.96 Å². The highest BCUT2D eigenvalue weighted by molar-refractivity contribution is 14.0. The molecule has 2 fully saturated rings. The van der Waals surface area contributed by atoms with Gasteiger partial charge in [0.25, 0.3) is 0 Å². The van der Waals surface area contributed by atoms with Crippen LogP contribution in [-0.2, 0) is 25.2 Å². The van der Waals surface area contributed by atoms with Crippen LogP contribution in [0.5, 0.6) is 0 Å². The Hall–Kier alpha value is -0.960. The highest BCUT2D eigenvalue weighted by Crippen LogP contribution is 2.13. The Kier molecular flexibility index (Phi) is 10.8. The average molecular weight is 557 g/mol. The maximum atomic E-state index is 12.5. The number of rotatable bonds is 8. The van der Waals surface area contributed by atoms with E-state index in [1.54, 1.807) is 13.1 Å². The zero-order valence-corrected chi connectivity index (χ0v) is 20.5. The fraction of sp³-hybridized carbons (Fsp3) is 0.778. The van der Waals surface area contributed by atoms with E-state index in [1.807, 2.05) is 0 Å². The zero-order chi connectivity index (χ0) is 20.5. The molecule has 0 bridgehead atoms. The molecule has 0 aliphatic carbocycles. The van der Waals surface area contributed by atoms with E-state index in [2.05, 4.69) is 20.4 Å². The molecule has 172 valence electrons. The van der Waals surface area contributed by atoms with Crippen LogP contribution in [0.25, 0.3) is 0 Å². The first-order valence-electron chi connectivity index (χ1n) is 10.1. The summed E-state index contributed by atoms with van der Waals surface area (Å²) in [6, 6.07) is 1.57. The maximum absolute atomic E-state index is 12.5. The number of piperazine rings is 1. The van der Waals surface area contributed by atoms with E-state index in [0.717, 1.165) is 45.0 Å². The number of aromatic nitrogens is 1. The quantitative estimate of drug-likeness (QED) is 0.218. The van der Waals surface area contributed by atoms with E-state index in [4.69, 9.17) is 14.0 Å². The molecular formula is C18H32IN5O5S. The lowest BCUT2D eigenvalue weighted by Crippen LogP contribution is -2.54. The number of hydrogen-bond acceptors (Lipinski definition) is 7. The highest BCUT2D eigenvalue weighted by Gasteiger charge is 2.28. The Bertz CT molecular complexity index is 732. The molecule has 3 rings (SSSR count). The Labute approximate surface area is 195 Å². The van der Waals surface area contributed by atoms with Gasteiger partial charge in [0.05, 0.1) is 11.8 Å². The minimum Gasteiger partial charge on any atom is -0.381 e. The fourth-order valence-corrected chi connectivity index (χ4v) is 4.89. The molecule has 0 radical (unpaired) electrons. The van der Waals surface area contributed by atoms with Crippen LogP contribution in [0.4, 0.5) is 0 Å². The van der Waals surface area contributed by atoms with Gasteiger partial charge in [-0.25, -0.2) is 8.42 Å². The summed E-state index contributed by atoms with van der Waals surface area (Å²) in [5.74, 6) is 0.661. The molecule has 30 heavy (non-hydrogen) atoms. The topological polar surface area (TPSA) is 110 Å². The molecule has 12 heteroatoms. The molecule has 0 unspecified atom stereocenters. The van der Waals surface area contributed by atoms with Gasteiger partial charge < -0.3 is 24.2 Å². The molecule has 1 N–H and O–H groups in total. The van der Waals surface area contributed by atoms with Crippen molar-refractivity contribution in [2.45, 2.75) is 31.1 Å². The van der Waals surface area contributed by atoms with Gasteiger partial charge in [0.2, 0.25) is 10.0 Å². The molecular weight excluding hydrogens is 525 g/mol. The first kappa shape index (κ1) is 25.3. The largest absolute Gasteiger partial charge is 0.381 e. The van der Waals surface area contributed by atoms with Crippen LogP contribution >= 0.6 is 24.0 Å². The molecule has 0 aromatic carbocycles. The van der Waals surface area contributed by atoms with Crippen LogP contribution in [0.15, 0.2) is 21.8 Å². The van der Waals surface area contributed by atoms with Crippen molar-refractivity contribution in [3.8, 4) is 0 Å². The molecule has 0 saturated carbocycles. The number of hydrogen-bond donors (Lipinski definition) is 1. The lowest BCUT2D eigenvalue weighted by molar-refractivity contribution is -0.0320. The van der Waals surface area contributed by atoms with Crippen molar-refractivity contribution in [1.29, 1.82) is 0 Å². The lowest BCUT2D eigenvalue weighted by atomic mass is 10.1. The molecule has 2 aliphatic heterocycles. The molecule has 0 amide bonds. The van der Waals surface area contributed by atoms with Gasteiger partial charge in [-0.1, -0.05) is 5.16 Å². The molecule has 2 aliphatic rings. The molecule has 0 spiro atoms. The normalized spacial score (nSPS) is 19.5. The first-order valence-corrected chi connectivity index (χ1v) is 11.7. The van der Waals surface area contributed by atoms with Gasteiger partial charge >= 0.3 is 0 Å². The van der Waals surface area contributed by atoms with E-state index in [-0.39, 0.29) is 29.7 Å². The number of sulfonamides is 1. The third-order valence-electron chi connectivity index (χ3n) is 5.09. The Morgan fingerprint density at radius 1 is 1.30 bits per heavy atom. The first-order chi connectivity index (χ1) is 14.1. The van der Waals surface area contributed by atoms with Gasteiger partial charge in [-0.2, -0.15) is 4.31 Å². The number of guanidine groups is 1. The minimum absolute atomic E-state index is 0. The van der Waals surface area contributed by atoms with Gasteiger partial charge in [0.1, 0.15) is 12.0 Å². The summed E-state index contributed by atoms with van der Waals surface area (Å²) in [6.07, 6.45) is 4.53. The predicted octanol–water partition coefficient (Wildman–Crippen LogP) is 0.901. The maximum Gasteiger partial charge on any atom is 0.220 e. The van der Waals surface area contributed by atoms with Gasteiger partial charge in [-0.15, -0.1) is 24.0 Å². The molecule has 1 aromatic rings. The third-order valence-corrected chi connectivity index (χ3v) is 6.90. The summed E-state index contributed by atoms with van der Waals surface area (Å²) in [5, 5.41) is 7.04. The van der Waals surface area contributed by atoms with Gasteiger partial charge in [-0.05, 0) is 19.3 Å². The van der Waals surface area contributed by atoms with Gasteiger partial charge in [-0.3, -0.25) is 4.99 Å². The van der Waals surface area contributed by atoms with E-state index in [0.29, 0.717) is 44.6 Å². The fourth-order valence-electron chi connectivity index (χ4n) is 3.47. The summed E-state index contributed by atoms with van der Waals surface area (Å²) in [7, 11) is -1.65. The average Bonchev–Trinajstić information content (AvgIpc) is 3.24. The summed E-state index contributed by atoms with van der Waals surface area (Å²) in [5.41, 5.74) is 0.424. The third kappa shape index (κ3) is 7.62. The Morgan fingerprint density at radius 2 is 2.03 bits per heavy atom. The Balaban J connectivity index is 0.00000320. The lowest BCUT2D eigenvalue weighted by Gasteiger charge is -2.35. The second-order valence-electron chi connectivity index (χ2n) is 7.14. The van der Waals surface area contributed by atoms with E-state index in [1.165, 1.54) is 10.6 Å². The molecule has 0 atom stereocenters. The van der Waals surface area contributed by atoms with Crippen LogP contribution in [0.3, 0.4) is 0 Å². The smallest absolute Gasteiger partial charge is 0.220 e. The molecule has 1 aromatic heterocycles. The van der Waals surface area contributed by atoms with Crippen LogP contribution in [-0.4, -0.2) is 94.4 Å². The van der Waals surface area contributed by atoms with Crippen LogP contribution in [0.1, 0.15) is 25.0 Å². The number of aliphatic imine (C=N–C) groups is 1. The van der Waals surface area contributed by atoms with Crippen molar-refractivity contribution in [2.24, 2.45) is 4.99 Å². The SMILES string of the molecule is CN=C(NCCCOC1CCOCC1)N1CCN(S(=O)(=O)Cc2ccon2)CC1.I. The van der Waals surface area contributed by atoms with E-state index in [9.17, 15) is 8.42 Å². The van der Waals surface area contributed by atoms with Crippen molar-refractivity contribution in [3.05, 3.63) is 18.0 Å². The summed E-state index contributed by atoms with van der Waals surface area (Å²) < 4.78 is 42.5. The van der Waals surface area contributed by atoms with E-state index < -0.39 is 10.0 Å². The van der Waals surface area contributed by atoms with Crippen molar-refractivity contribution in [3.63, 3.8) is 0 Å². The highest BCUT2D eigenvalue weighted by atomic mass is 127. The van der Waals surface area contributed by atoms with Crippen molar-refractivity contribution in [1.82, 2.24) is 19.7 Å². The number of halogens is 1. The predicted molar refractivity (Wildman–Crippen MR) is 123 cm³/mol. The second kappa shape index (κ2) is 12.8. The molecule has 3 heterocycles. The standard InChI is InChI=1S/C18H31N5O5S.HI/c1-19-18(20-6-2-11-27-17-4-12-26-13-5-17)22-7-9-23(10-8-22)29(24,25)15-16-3-14-28-21-16;/h3,14,17H,2,4-13,15H2,1H3,(H,19,20);1H. The van der Waals surface area contributed by atoms with Crippen LogP contribution in [0, 0.1) is 0 Å². The Morgan fingerprint density at radius 3 is 2.67 bits per heavy atom. The van der Waals surface area contributed by atoms with Crippen LogP contribution < -0.4 is 5.32 Å². The minimum atomic E-state index is -3.40. The second-order valence-corrected chi connectivity index (χ2v) is 9.11. The number of nitrogens with one attached hydrogen (secondary N) is 1. The molecule has 10 nitrogen and oxygen atoms in total. The number of nitrogens with zero attached hydrogens (tertiary/aromatic N) is 4. The monoisotopic (exact) mass is 557 g/mol. The number of ether oxygens (including phenoxy) is 2. The van der Waals surface area contributed by atoms with Crippen LogP contribution in [0.2, 0.25) is 0 Å². The van der Waals surface area contributed by atoms with Crippen molar-refractivity contribution in [2.75, 3.05) is 59.6 Å². The summed E-state index contributed by atoms with van der Waals surface area (Å²) in [4.78, 5) is 6.42.